The summed E-state index contributed by atoms with van der Waals surface area (Å²) < 4.78 is 3.30. The van der Waals surface area contributed by atoms with Gasteiger partial charge in [0.2, 0.25) is 5.95 Å². The summed E-state index contributed by atoms with van der Waals surface area (Å²) >= 11 is 7.88. The number of aryl methyl sites for hydroxylation is 2. The largest absolute Gasteiger partial charge is 0.298 e. The number of aromatic nitrogens is 2. The van der Waals surface area contributed by atoms with Gasteiger partial charge in [-0.2, -0.15) is 0 Å². The molecule has 0 bridgehead atoms. The SMILES string of the molecule is Cc1cccc(C)c1-c1cc(Cl)nc(NSc2cccc(CN3CCCN(C(C)(C)C)CC3)c2)n1. The highest BCUT2D eigenvalue weighted by atomic mass is 35.5. The van der Waals surface area contributed by atoms with E-state index in [1.165, 1.54) is 41.6 Å². The maximum atomic E-state index is 6.36. The van der Waals surface area contributed by atoms with Gasteiger partial charge < -0.3 is 0 Å². The third-order valence-corrected chi connectivity index (χ3v) is 7.50. The maximum absolute atomic E-state index is 6.36. The number of anilines is 1. The Morgan fingerprint density at radius 3 is 2.43 bits per heavy atom. The van der Waals surface area contributed by atoms with E-state index in [-0.39, 0.29) is 5.54 Å². The van der Waals surface area contributed by atoms with Crippen molar-refractivity contribution >= 4 is 29.5 Å². The lowest BCUT2D eigenvalue weighted by Gasteiger charge is -2.34. The van der Waals surface area contributed by atoms with Gasteiger partial charge in [-0.05, 0) is 94.9 Å². The molecule has 2 aromatic carbocycles. The third kappa shape index (κ3) is 6.98. The summed E-state index contributed by atoms with van der Waals surface area (Å²) in [5.41, 5.74) is 5.84. The molecule has 1 aliphatic heterocycles. The summed E-state index contributed by atoms with van der Waals surface area (Å²) in [6.07, 6.45) is 1.21. The van der Waals surface area contributed by atoms with Gasteiger partial charge in [0.1, 0.15) is 5.15 Å². The molecule has 2 heterocycles. The van der Waals surface area contributed by atoms with E-state index in [9.17, 15) is 0 Å². The van der Waals surface area contributed by atoms with Crippen molar-refractivity contribution in [3.8, 4) is 11.3 Å². The quantitative estimate of drug-likeness (QED) is 0.290. The number of nitrogens with one attached hydrogen (secondary N) is 1. The van der Waals surface area contributed by atoms with Crippen LogP contribution in [0.3, 0.4) is 0 Å². The lowest BCUT2D eigenvalue weighted by Crippen LogP contribution is -2.43. The van der Waals surface area contributed by atoms with Crippen molar-refractivity contribution < 1.29 is 0 Å². The average molecular weight is 510 g/mol. The van der Waals surface area contributed by atoms with E-state index in [1.54, 1.807) is 0 Å². The zero-order valence-corrected chi connectivity index (χ0v) is 23.0. The summed E-state index contributed by atoms with van der Waals surface area (Å²) in [7, 11) is 0. The predicted octanol–water partition coefficient (Wildman–Crippen LogP) is 6.84. The Morgan fingerprint density at radius 2 is 1.69 bits per heavy atom. The average Bonchev–Trinajstić information content (AvgIpc) is 3.03. The molecule has 0 spiro atoms. The monoisotopic (exact) mass is 509 g/mol. The first-order valence-corrected chi connectivity index (χ1v) is 13.5. The van der Waals surface area contributed by atoms with Crippen LogP contribution in [0.25, 0.3) is 11.3 Å². The van der Waals surface area contributed by atoms with Crippen LogP contribution in [0.15, 0.2) is 53.4 Å². The van der Waals surface area contributed by atoms with E-state index < -0.39 is 0 Å². The molecule has 0 aliphatic carbocycles. The van der Waals surface area contributed by atoms with Crippen LogP contribution in [0.4, 0.5) is 5.95 Å². The molecule has 1 saturated heterocycles. The van der Waals surface area contributed by atoms with Gasteiger partial charge in [0.25, 0.3) is 0 Å². The highest BCUT2D eigenvalue weighted by Gasteiger charge is 2.24. The van der Waals surface area contributed by atoms with Gasteiger partial charge >= 0.3 is 0 Å². The van der Waals surface area contributed by atoms with Crippen LogP contribution >= 0.6 is 23.5 Å². The lowest BCUT2D eigenvalue weighted by molar-refractivity contribution is 0.140. The van der Waals surface area contributed by atoms with E-state index >= 15 is 0 Å². The Labute approximate surface area is 219 Å². The molecule has 35 heavy (non-hydrogen) atoms. The van der Waals surface area contributed by atoms with Gasteiger partial charge in [-0.15, -0.1) is 0 Å². The molecule has 0 atom stereocenters. The Morgan fingerprint density at radius 1 is 0.943 bits per heavy atom. The van der Waals surface area contributed by atoms with Gasteiger partial charge in [-0.25, -0.2) is 9.97 Å². The first-order valence-electron chi connectivity index (χ1n) is 12.3. The molecular formula is C28H36ClN5S. The first-order chi connectivity index (χ1) is 16.7. The van der Waals surface area contributed by atoms with Crippen LogP contribution in [0.1, 0.15) is 43.9 Å². The molecule has 1 aliphatic rings. The van der Waals surface area contributed by atoms with Crippen molar-refractivity contribution in [2.75, 3.05) is 30.9 Å². The predicted molar refractivity (Wildman–Crippen MR) is 149 cm³/mol. The minimum absolute atomic E-state index is 0.235. The van der Waals surface area contributed by atoms with E-state index in [2.05, 4.69) is 96.6 Å². The number of rotatable bonds is 6. The van der Waals surface area contributed by atoms with Gasteiger partial charge in [0.15, 0.2) is 0 Å². The summed E-state index contributed by atoms with van der Waals surface area (Å²) in [5, 5.41) is 0.431. The molecule has 1 N–H and O–H groups in total. The zero-order valence-electron chi connectivity index (χ0n) is 21.4. The van der Waals surface area contributed by atoms with Crippen LogP contribution in [-0.4, -0.2) is 51.5 Å². The minimum atomic E-state index is 0.235. The fourth-order valence-electron chi connectivity index (χ4n) is 4.68. The van der Waals surface area contributed by atoms with Crippen molar-refractivity contribution in [3.05, 3.63) is 70.4 Å². The van der Waals surface area contributed by atoms with Gasteiger partial charge in [0, 0.05) is 41.7 Å². The van der Waals surface area contributed by atoms with Crippen molar-refractivity contribution in [2.24, 2.45) is 0 Å². The van der Waals surface area contributed by atoms with E-state index in [0.717, 1.165) is 42.3 Å². The maximum Gasteiger partial charge on any atom is 0.235 e. The molecule has 5 nitrogen and oxygen atoms in total. The second-order valence-corrected chi connectivity index (χ2v) is 11.6. The van der Waals surface area contributed by atoms with E-state index in [4.69, 9.17) is 16.6 Å². The Bertz CT molecular complexity index is 1140. The van der Waals surface area contributed by atoms with Crippen molar-refractivity contribution in [1.82, 2.24) is 19.8 Å². The summed E-state index contributed by atoms with van der Waals surface area (Å²) in [6.45, 7) is 16.6. The Hall–Kier alpha value is -2.12. The van der Waals surface area contributed by atoms with Crippen molar-refractivity contribution in [3.63, 3.8) is 0 Å². The molecule has 0 saturated carbocycles. The lowest BCUT2D eigenvalue weighted by atomic mass is 10.00. The van der Waals surface area contributed by atoms with Crippen molar-refractivity contribution in [1.29, 1.82) is 0 Å². The van der Waals surface area contributed by atoms with Crippen LogP contribution < -0.4 is 4.72 Å². The smallest absolute Gasteiger partial charge is 0.235 e. The van der Waals surface area contributed by atoms with Crippen LogP contribution in [0.2, 0.25) is 5.15 Å². The van der Waals surface area contributed by atoms with Crippen molar-refractivity contribution in [2.45, 2.75) is 58.0 Å². The summed E-state index contributed by atoms with van der Waals surface area (Å²) in [4.78, 5) is 15.4. The highest BCUT2D eigenvalue weighted by Crippen LogP contribution is 2.29. The van der Waals surface area contributed by atoms with Gasteiger partial charge in [0.05, 0.1) is 5.69 Å². The van der Waals surface area contributed by atoms with Crippen LogP contribution in [0.5, 0.6) is 0 Å². The second-order valence-electron chi connectivity index (χ2n) is 10.3. The highest BCUT2D eigenvalue weighted by molar-refractivity contribution is 8.00. The molecule has 186 valence electrons. The van der Waals surface area contributed by atoms with E-state index in [1.807, 2.05) is 6.07 Å². The summed E-state index contributed by atoms with van der Waals surface area (Å²) in [6, 6.07) is 16.8. The van der Waals surface area contributed by atoms with Gasteiger partial charge in [-0.1, -0.05) is 41.9 Å². The normalized spacial score (nSPS) is 15.7. The molecular weight excluding hydrogens is 474 g/mol. The standard InChI is InChI=1S/C28H36ClN5S/c1-20-9-6-10-21(2)26(20)24-18-25(29)31-27(30-24)32-35-23-12-7-11-22(17-23)19-33-13-8-14-34(16-15-33)28(3,4)5/h6-7,9-12,17-18H,8,13-16,19H2,1-5H3,(H,30,31,32). The number of hydrogen-bond acceptors (Lipinski definition) is 6. The second kappa shape index (κ2) is 11.3. The minimum Gasteiger partial charge on any atom is -0.298 e. The number of halogens is 1. The molecule has 0 radical (unpaired) electrons. The summed E-state index contributed by atoms with van der Waals surface area (Å²) in [5.74, 6) is 0.514. The van der Waals surface area contributed by atoms with Gasteiger partial charge in [-0.3, -0.25) is 14.5 Å². The van der Waals surface area contributed by atoms with E-state index in [0.29, 0.717) is 11.1 Å². The molecule has 3 aromatic rings. The molecule has 4 rings (SSSR count). The Kier molecular flexibility index (Phi) is 8.38. The topological polar surface area (TPSA) is 44.3 Å². The number of benzene rings is 2. The first kappa shape index (κ1) is 26.0. The molecule has 1 aromatic heterocycles. The molecule has 0 amide bonds. The third-order valence-electron chi connectivity index (χ3n) is 6.53. The Balaban J connectivity index is 1.41. The number of hydrogen-bond donors (Lipinski definition) is 1. The molecule has 7 heteroatoms. The number of nitrogens with zero attached hydrogens (tertiary/aromatic N) is 4. The zero-order chi connectivity index (χ0) is 25.0. The fraction of sp³-hybridized carbons (Fsp3) is 0.429. The van der Waals surface area contributed by atoms with Crippen LogP contribution in [-0.2, 0) is 6.54 Å². The molecule has 1 fully saturated rings. The molecule has 0 unspecified atom stereocenters. The fourth-order valence-corrected chi connectivity index (χ4v) is 5.52. The van der Waals surface area contributed by atoms with Crippen LogP contribution in [0, 0.1) is 13.8 Å².